The summed E-state index contributed by atoms with van der Waals surface area (Å²) < 4.78 is 1.72. The zero-order valence-corrected chi connectivity index (χ0v) is 8.31. The van der Waals surface area contributed by atoms with Crippen molar-refractivity contribution >= 4 is 5.69 Å². The Labute approximate surface area is 87.6 Å². The predicted molar refractivity (Wildman–Crippen MR) is 57.8 cm³/mol. The molecule has 0 atom stereocenters. The third kappa shape index (κ3) is 1.55. The van der Waals surface area contributed by atoms with Crippen molar-refractivity contribution in [1.29, 1.82) is 5.26 Å². The molecule has 1 heterocycles. The summed E-state index contributed by atoms with van der Waals surface area (Å²) in [5, 5.41) is 12.7. The van der Waals surface area contributed by atoms with Crippen molar-refractivity contribution < 1.29 is 0 Å². The Morgan fingerprint density at radius 2 is 2.00 bits per heavy atom. The normalized spacial score (nSPS) is 9.87. The number of nitrogen functional groups attached to an aromatic ring is 1. The van der Waals surface area contributed by atoms with E-state index in [1.165, 1.54) is 0 Å². The van der Waals surface area contributed by atoms with Crippen molar-refractivity contribution in [2.75, 3.05) is 5.73 Å². The van der Waals surface area contributed by atoms with Crippen molar-refractivity contribution in [3.8, 4) is 17.3 Å². The maximum atomic E-state index is 8.68. The maximum Gasteiger partial charge on any atom is 0.0991 e. The first-order valence-corrected chi connectivity index (χ1v) is 4.50. The molecule has 0 fully saturated rings. The minimum atomic E-state index is 0.638. The molecule has 0 spiro atoms. The van der Waals surface area contributed by atoms with E-state index in [1.807, 2.05) is 19.2 Å². The van der Waals surface area contributed by atoms with E-state index in [4.69, 9.17) is 11.0 Å². The van der Waals surface area contributed by atoms with Crippen LogP contribution in [-0.2, 0) is 7.05 Å². The van der Waals surface area contributed by atoms with E-state index in [1.54, 1.807) is 23.0 Å². The van der Waals surface area contributed by atoms with E-state index in [0.29, 0.717) is 11.3 Å². The number of anilines is 1. The van der Waals surface area contributed by atoms with E-state index in [0.717, 1.165) is 11.3 Å². The molecule has 1 aromatic heterocycles. The molecule has 0 unspecified atom stereocenters. The predicted octanol–water partition coefficient (Wildman–Crippen LogP) is 1.54. The Morgan fingerprint density at radius 3 is 2.47 bits per heavy atom. The third-order valence-electron chi connectivity index (χ3n) is 2.25. The van der Waals surface area contributed by atoms with Gasteiger partial charge in [-0.3, -0.25) is 4.68 Å². The monoisotopic (exact) mass is 198 g/mol. The largest absolute Gasteiger partial charge is 0.396 e. The van der Waals surface area contributed by atoms with Gasteiger partial charge in [-0.25, -0.2) is 0 Å². The van der Waals surface area contributed by atoms with Crippen LogP contribution in [0.3, 0.4) is 0 Å². The van der Waals surface area contributed by atoms with Crippen LogP contribution >= 0.6 is 0 Å². The highest BCUT2D eigenvalue weighted by Crippen LogP contribution is 2.24. The molecule has 0 amide bonds. The topological polar surface area (TPSA) is 67.6 Å². The van der Waals surface area contributed by atoms with Crippen molar-refractivity contribution in [3.63, 3.8) is 0 Å². The number of nitrogens with two attached hydrogens (primary N) is 1. The van der Waals surface area contributed by atoms with E-state index >= 15 is 0 Å². The van der Waals surface area contributed by atoms with Crippen LogP contribution in [0, 0.1) is 11.3 Å². The Hall–Kier alpha value is -2.28. The molecule has 2 aromatic rings. The summed E-state index contributed by atoms with van der Waals surface area (Å²) in [5.41, 5.74) is 8.91. The van der Waals surface area contributed by atoms with Crippen LogP contribution in [0.5, 0.6) is 0 Å². The van der Waals surface area contributed by atoms with Crippen LogP contribution in [0.15, 0.2) is 30.5 Å². The van der Waals surface area contributed by atoms with E-state index < -0.39 is 0 Å². The summed E-state index contributed by atoms with van der Waals surface area (Å²) in [6.07, 6.45) is 1.62. The van der Waals surface area contributed by atoms with Gasteiger partial charge in [-0.15, -0.1) is 0 Å². The Morgan fingerprint density at radius 1 is 1.33 bits per heavy atom. The summed E-state index contributed by atoms with van der Waals surface area (Å²) in [5.74, 6) is 0. The van der Waals surface area contributed by atoms with Crippen LogP contribution in [0.25, 0.3) is 11.3 Å². The summed E-state index contributed by atoms with van der Waals surface area (Å²) >= 11 is 0. The van der Waals surface area contributed by atoms with E-state index in [-0.39, 0.29) is 0 Å². The fraction of sp³-hybridized carbons (Fsp3) is 0.0909. The number of nitriles is 1. The zero-order valence-electron chi connectivity index (χ0n) is 8.31. The Bertz CT molecular complexity index is 497. The molecule has 0 saturated heterocycles. The minimum Gasteiger partial charge on any atom is -0.396 e. The number of aryl methyl sites for hydroxylation is 1. The van der Waals surface area contributed by atoms with Gasteiger partial charge in [0, 0.05) is 12.6 Å². The number of nitrogens with zero attached hydrogens (tertiary/aromatic N) is 3. The maximum absolute atomic E-state index is 8.68. The lowest BCUT2D eigenvalue weighted by molar-refractivity contribution is 0.776. The number of hydrogen-bond donors (Lipinski definition) is 1. The van der Waals surface area contributed by atoms with Crippen molar-refractivity contribution in [1.82, 2.24) is 9.78 Å². The van der Waals surface area contributed by atoms with Gasteiger partial charge >= 0.3 is 0 Å². The third-order valence-corrected chi connectivity index (χ3v) is 2.25. The molecule has 4 heteroatoms. The average molecular weight is 198 g/mol. The molecular formula is C11H10N4. The molecule has 0 bridgehead atoms. The van der Waals surface area contributed by atoms with Crippen LogP contribution in [0.2, 0.25) is 0 Å². The van der Waals surface area contributed by atoms with Gasteiger partial charge in [-0.1, -0.05) is 12.1 Å². The number of aromatic nitrogens is 2. The standard InChI is InChI=1S/C11H10N4/c1-15-11(10(13)7-14-15)9-4-2-8(6-12)3-5-9/h2-5,7H,13H2,1H3. The number of rotatable bonds is 1. The highest BCUT2D eigenvalue weighted by molar-refractivity contribution is 5.72. The molecular weight excluding hydrogens is 188 g/mol. The van der Waals surface area contributed by atoms with Crippen LogP contribution in [0.4, 0.5) is 5.69 Å². The lowest BCUT2D eigenvalue weighted by Gasteiger charge is -2.03. The highest BCUT2D eigenvalue weighted by atomic mass is 15.3. The minimum absolute atomic E-state index is 0.638. The lowest BCUT2D eigenvalue weighted by Crippen LogP contribution is -1.95. The Balaban J connectivity index is 2.51. The first-order valence-electron chi connectivity index (χ1n) is 4.50. The summed E-state index contributed by atoms with van der Waals surface area (Å²) in [6, 6.07) is 9.34. The van der Waals surface area contributed by atoms with Gasteiger partial charge in [0.15, 0.2) is 0 Å². The second-order valence-corrected chi connectivity index (χ2v) is 3.26. The summed E-state index contributed by atoms with van der Waals surface area (Å²) in [7, 11) is 1.84. The quantitative estimate of drug-likeness (QED) is 0.755. The van der Waals surface area contributed by atoms with Crippen molar-refractivity contribution in [3.05, 3.63) is 36.0 Å². The fourth-order valence-corrected chi connectivity index (χ4v) is 1.51. The molecule has 2 rings (SSSR count). The van der Waals surface area contributed by atoms with Crippen molar-refractivity contribution in [2.24, 2.45) is 7.05 Å². The molecule has 0 saturated carbocycles. The van der Waals surface area contributed by atoms with Crippen LogP contribution in [-0.4, -0.2) is 9.78 Å². The number of benzene rings is 1. The van der Waals surface area contributed by atoms with Gasteiger partial charge in [-0.05, 0) is 12.1 Å². The van der Waals surface area contributed by atoms with Gasteiger partial charge in [0.1, 0.15) is 0 Å². The molecule has 15 heavy (non-hydrogen) atoms. The second kappa shape index (κ2) is 3.46. The van der Waals surface area contributed by atoms with Crippen molar-refractivity contribution in [2.45, 2.75) is 0 Å². The average Bonchev–Trinajstić information content (AvgIpc) is 2.59. The molecule has 4 nitrogen and oxygen atoms in total. The summed E-state index contributed by atoms with van der Waals surface area (Å²) in [6.45, 7) is 0. The molecule has 1 aromatic carbocycles. The fourth-order valence-electron chi connectivity index (χ4n) is 1.51. The van der Waals surface area contributed by atoms with Gasteiger partial charge in [-0.2, -0.15) is 10.4 Å². The van der Waals surface area contributed by atoms with Gasteiger partial charge in [0.2, 0.25) is 0 Å². The van der Waals surface area contributed by atoms with Gasteiger partial charge in [0.05, 0.1) is 29.2 Å². The van der Waals surface area contributed by atoms with Gasteiger partial charge in [0.25, 0.3) is 0 Å². The summed E-state index contributed by atoms with van der Waals surface area (Å²) in [4.78, 5) is 0. The van der Waals surface area contributed by atoms with Crippen LogP contribution in [0.1, 0.15) is 5.56 Å². The first-order chi connectivity index (χ1) is 7.22. The SMILES string of the molecule is Cn1ncc(N)c1-c1ccc(C#N)cc1. The smallest absolute Gasteiger partial charge is 0.0991 e. The molecule has 2 N–H and O–H groups in total. The first kappa shape index (κ1) is 9.28. The second-order valence-electron chi connectivity index (χ2n) is 3.26. The molecule has 74 valence electrons. The zero-order chi connectivity index (χ0) is 10.8. The van der Waals surface area contributed by atoms with Gasteiger partial charge < -0.3 is 5.73 Å². The molecule has 0 aliphatic heterocycles. The van der Waals surface area contributed by atoms with Crippen LogP contribution < -0.4 is 5.73 Å². The number of hydrogen-bond acceptors (Lipinski definition) is 3. The molecule has 0 aliphatic rings. The lowest BCUT2D eigenvalue weighted by atomic mass is 10.1. The molecule has 0 aliphatic carbocycles. The highest BCUT2D eigenvalue weighted by Gasteiger charge is 2.07. The molecule has 0 radical (unpaired) electrons. The van der Waals surface area contributed by atoms with E-state index in [2.05, 4.69) is 11.2 Å². The van der Waals surface area contributed by atoms with E-state index in [9.17, 15) is 0 Å². The Kier molecular flexibility index (Phi) is 2.14.